The fourth-order valence-electron chi connectivity index (χ4n) is 0.781. The summed E-state index contributed by atoms with van der Waals surface area (Å²) >= 11 is 9.81. The number of ether oxygens (including phenoxy) is 2. The van der Waals surface area contributed by atoms with Crippen molar-refractivity contribution in [3.63, 3.8) is 0 Å². The normalized spacial score (nSPS) is 14.2. The average molecular weight is 449 g/mol. The Labute approximate surface area is 131 Å². The molecule has 0 aromatic rings. The van der Waals surface area contributed by atoms with Crippen molar-refractivity contribution in [2.24, 2.45) is 5.41 Å². The van der Waals surface area contributed by atoms with Crippen molar-refractivity contribution < 1.29 is 19.1 Å². The van der Waals surface area contributed by atoms with Gasteiger partial charge in [-0.1, -0.05) is 29.1 Å². The SMILES string of the molecule is C=CC(=O)OCC(C)(CBr)C(Br)(Br)OC(=O)C=C. The van der Waals surface area contributed by atoms with Gasteiger partial charge >= 0.3 is 11.9 Å². The van der Waals surface area contributed by atoms with Gasteiger partial charge in [-0.05, 0) is 38.8 Å². The second kappa shape index (κ2) is 7.45. The number of halogens is 3. The van der Waals surface area contributed by atoms with E-state index in [2.05, 4.69) is 60.9 Å². The van der Waals surface area contributed by atoms with Crippen molar-refractivity contribution in [2.45, 2.75) is 10.3 Å². The molecule has 4 nitrogen and oxygen atoms in total. The molecule has 0 fully saturated rings. The lowest BCUT2D eigenvalue weighted by Gasteiger charge is -2.37. The van der Waals surface area contributed by atoms with Gasteiger partial charge in [0, 0.05) is 17.5 Å². The van der Waals surface area contributed by atoms with Crippen molar-refractivity contribution in [3.05, 3.63) is 25.3 Å². The van der Waals surface area contributed by atoms with E-state index in [9.17, 15) is 9.59 Å². The maximum Gasteiger partial charge on any atom is 0.332 e. The standard InChI is InChI=1S/C11H13Br3O4/c1-4-8(15)17-7-10(3,6-12)11(13,14)18-9(16)5-2/h4-5H,1-2,6-7H2,3H3. The van der Waals surface area contributed by atoms with Crippen LogP contribution in [0.4, 0.5) is 0 Å². The zero-order valence-corrected chi connectivity index (χ0v) is 14.5. The van der Waals surface area contributed by atoms with E-state index in [1.54, 1.807) is 6.92 Å². The second-order valence-electron chi connectivity index (χ2n) is 3.65. The Kier molecular flexibility index (Phi) is 7.39. The maximum absolute atomic E-state index is 11.2. The summed E-state index contributed by atoms with van der Waals surface area (Å²) in [6, 6.07) is 0. The minimum atomic E-state index is -1.19. The molecule has 0 heterocycles. The summed E-state index contributed by atoms with van der Waals surface area (Å²) in [5, 5.41) is 0.408. The Morgan fingerprint density at radius 2 is 1.72 bits per heavy atom. The molecule has 0 saturated carbocycles. The molecule has 0 aromatic heterocycles. The van der Waals surface area contributed by atoms with Gasteiger partial charge in [0.1, 0.15) is 6.61 Å². The lowest BCUT2D eigenvalue weighted by Crippen LogP contribution is -2.45. The molecule has 0 rings (SSSR count). The predicted molar refractivity (Wildman–Crippen MR) is 79.9 cm³/mol. The highest BCUT2D eigenvalue weighted by molar-refractivity contribution is 9.25. The molecule has 18 heavy (non-hydrogen) atoms. The number of alkyl halides is 3. The van der Waals surface area contributed by atoms with E-state index < -0.39 is 20.8 Å². The molecule has 0 bridgehead atoms. The van der Waals surface area contributed by atoms with E-state index in [1.807, 2.05) is 0 Å². The third-order valence-corrected chi connectivity index (χ3v) is 5.57. The lowest BCUT2D eigenvalue weighted by molar-refractivity contribution is -0.149. The molecular weight excluding hydrogens is 436 g/mol. The molecule has 0 aromatic carbocycles. The number of esters is 2. The van der Waals surface area contributed by atoms with Crippen molar-refractivity contribution >= 4 is 59.7 Å². The van der Waals surface area contributed by atoms with Crippen LogP contribution in [0.1, 0.15) is 6.92 Å². The molecule has 0 radical (unpaired) electrons. The zero-order valence-electron chi connectivity index (χ0n) is 9.75. The Morgan fingerprint density at radius 1 is 1.22 bits per heavy atom. The smallest absolute Gasteiger partial charge is 0.332 e. The van der Waals surface area contributed by atoms with Crippen LogP contribution in [-0.2, 0) is 19.1 Å². The van der Waals surface area contributed by atoms with Gasteiger partial charge in [0.2, 0.25) is 3.42 Å². The van der Waals surface area contributed by atoms with Gasteiger partial charge in [-0.25, -0.2) is 9.59 Å². The molecule has 0 spiro atoms. The number of carbonyl (C=O) groups excluding carboxylic acids is 2. The van der Waals surface area contributed by atoms with Crippen LogP contribution in [0.3, 0.4) is 0 Å². The first-order chi connectivity index (χ1) is 8.22. The van der Waals surface area contributed by atoms with Crippen LogP contribution in [-0.4, -0.2) is 27.3 Å². The highest BCUT2D eigenvalue weighted by Gasteiger charge is 2.48. The Balaban J connectivity index is 4.88. The van der Waals surface area contributed by atoms with Crippen molar-refractivity contribution in [2.75, 3.05) is 11.9 Å². The number of hydrogen-bond donors (Lipinski definition) is 0. The van der Waals surface area contributed by atoms with Gasteiger partial charge in [0.25, 0.3) is 0 Å². The molecule has 102 valence electrons. The van der Waals surface area contributed by atoms with Gasteiger partial charge < -0.3 is 9.47 Å². The molecule has 0 N–H and O–H groups in total. The minimum Gasteiger partial charge on any atom is -0.462 e. The van der Waals surface area contributed by atoms with E-state index in [0.29, 0.717) is 5.33 Å². The van der Waals surface area contributed by atoms with Crippen molar-refractivity contribution in [3.8, 4) is 0 Å². The predicted octanol–water partition coefficient (Wildman–Crippen LogP) is 3.29. The Bertz CT molecular complexity index is 354. The molecule has 0 aliphatic carbocycles. The van der Waals surface area contributed by atoms with Crippen LogP contribution < -0.4 is 0 Å². The minimum absolute atomic E-state index is 0.0179. The quantitative estimate of drug-likeness (QED) is 0.341. The zero-order chi connectivity index (χ0) is 14.4. The lowest BCUT2D eigenvalue weighted by atomic mass is 9.96. The highest BCUT2D eigenvalue weighted by Crippen LogP contribution is 2.46. The third-order valence-electron chi connectivity index (χ3n) is 2.09. The van der Waals surface area contributed by atoms with Gasteiger partial charge in [0.05, 0.1) is 5.41 Å². The summed E-state index contributed by atoms with van der Waals surface area (Å²) in [5.74, 6) is -1.15. The molecule has 0 aliphatic rings. The number of rotatable bonds is 7. The van der Waals surface area contributed by atoms with E-state index in [1.165, 1.54) is 0 Å². The van der Waals surface area contributed by atoms with Crippen LogP contribution in [0, 0.1) is 5.41 Å². The van der Waals surface area contributed by atoms with Crippen LogP contribution in [0.2, 0.25) is 0 Å². The van der Waals surface area contributed by atoms with Crippen molar-refractivity contribution in [1.29, 1.82) is 0 Å². The summed E-state index contributed by atoms with van der Waals surface area (Å²) in [7, 11) is 0. The molecule has 0 aliphatic heterocycles. The van der Waals surface area contributed by atoms with Crippen molar-refractivity contribution in [1.82, 2.24) is 0 Å². The Hall–Kier alpha value is -0.140. The van der Waals surface area contributed by atoms with Gasteiger partial charge in [-0.15, -0.1) is 0 Å². The molecule has 7 heteroatoms. The fourth-order valence-corrected chi connectivity index (χ4v) is 2.92. The second-order valence-corrected chi connectivity index (χ2v) is 7.51. The van der Waals surface area contributed by atoms with Gasteiger partial charge in [0.15, 0.2) is 0 Å². The molecular formula is C11H13Br3O4. The van der Waals surface area contributed by atoms with E-state index in [0.717, 1.165) is 12.2 Å². The van der Waals surface area contributed by atoms with E-state index >= 15 is 0 Å². The first-order valence-corrected chi connectivity index (χ1v) is 7.51. The number of carbonyl (C=O) groups is 2. The molecule has 0 amide bonds. The summed E-state index contributed by atoms with van der Waals surface area (Å²) in [6.07, 6.45) is 2.11. The van der Waals surface area contributed by atoms with Crippen LogP contribution in [0.5, 0.6) is 0 Å². The third kappa shape index (κ3) is 4.85. The largest absolute Gasteiger partial charge is 0.462 e. The molecule has 1 unspecified atom stereocenters. The fraction of sp³-hybridized carbons (Fsp3) is 0.455. The van der Waals surface area contributed by atoms with Gasteiger partial charge in [-0.3, -0.25) is 0 Å². The molecule has 1 atom stereocenters. The summed E-state index contributed by atoms with van der Waals surface area (Å²) in [6.45, 7) is 8.40. The number of hydrogen-bond acceptors (Lipinski definition) is 4. The summed E-state index contributed by atoms with van der Waals surface area (Å²) in [4.78, 5) is 22.3. The van der Waals surface area contributed by atoms with E-state index in [4.69, 9.17) is 9.47 Å². The van der Waals surface area contributed by atoms with Crippen LogP contribution >= 0.6 is 47.8 Å². The molecule has 0 saturated heterocycles. The van der Waals surface area contributed by atoms with Crippen LogP contribution in [0.15, 0.2) is 25.3 Å². The average Bonchev–Trinajstić information content (AvgIpc) is 2.34. The topological polar surface area (TPSA) is 52.6 Å². The highest BCUT2D eigenvalue weighted by atomic mass is 79.9. The first-order valence-electron chi connectivity index (χ1n) is 4.81. The summed E-state index contributed by atoms with van der Waals surface area (Å²) in [5.41, 5.74) is -0.732. The first kappa shape index (κ1) is 17.9. The Morgan fingerprint density at radius 3 is 2.11 bits per heavy atom. The van der Waals surface area contributed by atoms with E-state index in [-0.39, 0.29) is 6.61 Å². The van der Waals surface area contributed by atoms with Gasteiger partial charge in [-0.2, -0.15) is 0 Å². The van der Waals surface area contributed by atoms with Crippen LogP contribution in [0.25, 0.3) is 0 Å². The maximum atomic E-state index is 11.2. The summed E-state index contributed by atoms with van der Waals surface area (Å²) < 4.78 is 8.93. The monoisotopic (exact) mass is 446 g/mol.